The third-order valence-electron chi connectivity index (χ3n) is 5.65. The number of rotatable bonds is 7. The Bertz CT molecular complexity index is 1150. The number of nitriles is 1. The molecule has 4 heteroatoms. The van der Waals surface area contributed by atoms with Gasteiger partial charge in [-0.2, -0.15) is 5.26 Å². The zero-order valence-corrected chi connectivity index (χ0v) is 18.7. The predicted octanol–water partition coefficient (Wildman–Crippen LogP) is 5.37. The number of carbonyl (C=O) groups excluding carboxylic acids is 1. The van der Waals surface area contributed by atoms with Gasteiger partial charge in [0.25, 0.3) is 5.91 Å². The molecule has 0 saturated heterocycles. The third kappa shape index (κ3) is 5.32. The van der Waals surface area contributed by atoms with Gasteiger partial charge in [-0.25, -0.2) is 0 Å². The first-order chi connectivity index (χ1) is 14.9. The van der Waals surface area contributed by atoms with Crippen molar-refractivity contribution in [3.8, 4) is 11.8 Å². The Balaban J connectivity index is 1.72. The molecular formula is C27H29N3O. The van der Waals surface area contributed by atoms with Crippen LogP contribution in [0.5, 0.6) is 0 Å². The number of hydrogen-bond acceptors (Lipinski definition) is 2. The van der Waals surface area contributed by atoms with E-state index in [1.807, 2.05) is 38.1 Å². The monoisotopic (exact) mass is 411 g/mol. The molecule has 1 heterocycles. The van der Waals surface area contributed by atoms with E-state index in [0.717, 1.165) is 35.5 Å². The Morgan fingerprint density at radius 2 is 1.77 bits per heavy atom. The van der Waals surface area contributed by atoms with Crippen LogP contribution in [0, 0.1) is 39.0 Å². The van der Waals surface area contributed by atoms with Crippen LogP contribution in [0.1, 0.15) is 40.1 Å². The second-order valence-electron chi connectivity index (χ2n) is 7.95. The minimum absolute atomic E-state index is 0.125. The van der Waals surface area contributed by atoms with Crippen molar-refractivity contribution in [3.63, 3.8) is 0 Å². The molecule has 1 aromatic heterocycles. The molecule has 1 amide bonds. The van der Waals surface area contributed by atoms with Crippen molar-refractivity contribution in [1.82, 2.24) is 9.88 Å². The summed E-state index contributed by atoms with van der Waals surface area (Å²) in [5.74, 6) is -0.327. The summed E-state index contributed by atoms with van der Waals surface area (Å²) < 4.78 is 2.16. The van der Waals surface area contributed by atoms with Gasteiger partial charge in [0.05, 0.1) is 0 Å². The van der Waals surface area contributed by atoms with E-state index in [1.165, 1.54) is 16.7 Å². The van der Waals surface area contributed by atoms with Crippen molar-refractivity contribution in [2.45, 2.75) is 40.5 Å². The van der Waals surface area contributed by atoms with E-state index < -0.39 is 0 Å². The molecule has 0 radical (unpaired) electrons. The Labute approximate surface area is 184 Å². The first-order valence-electron chi connectivity index (χ1n) is 10.6. The summed E-state index contributed by atoms with van der Waals surface area (Å²) in [5.41, 5.74) is 7.88. The third-order valence-corrected chi connectivity index (χ3v) is 5.65. The lowest BCUT2D eigenvalue weighted by Crippen LogP contribution is -2.25. The van der Waals surface area contributed by atoms with Crippen LogP contribution in [0.2, 0.25) is 0 Å². The molecule has 0 aliphatic carbocycles. The lowest BCUT2D eigenvalue weighted by Gasteiger charge is -2.12. The summed E-state index contributed by atoms with van der Waals surface area (Å²) in [4.78, 5) is 12.5. The van der Waals surface area contributed by atoms with Gasteiger partial charge in [0.1, 0.15) is 11.6 Å². The number of benzene rings is 2. The zero-order valence-electron chi connectivity index (χ0n) is 18.7. The number of hydrogen-bond donors (Lipinski definition) is 1. The van der Waals surface area contributed by atoms with Crippen LogP contribution in [0.15, 0.2) is 60.2 Å². The minimum atomic E-state index is -0.327. The van der Waals surface area contributed by atoms with Crippen molar-refractivity contribution in [2.24, 2.45) is 0 Å². The number of carbonyl (C=O) groups is 1. The Morgan fingerprint density at radius 1 is 1.03 bits per heavy atom. The van der Waals surface area contributed by atoms with Gasteiger partial charge in [-0.05, 0) is 87.1 Å². The van der Waals surface area contributed by atoms with E-state index in [1.54, 1.807) is 6.08 Å². The number of nitrogens with zero attached hydrogens (tertiary/aromatic N) is 2. The number of amides is 1. The van der Waals surface area contributed by atoms with E-state index in [2.05, 4.69) is 60.1 Å². The molecule has 0 saturated carbocycles. The SMILES string of the molecule is Cc1ccc(-n2c(C)cc(/C=C(/C#N)C(=O)NCCCc3ccccc3)c2C)cc1C. The number of aromatic nitrogens is 1. The molecular weight excluding hydrogens is 382 g/mol. The van der Waals surface area contributed by atoms with Crippen molar-refractivity contribution in [3.05, 3.63) is 93.8 Å². The molecule has 0 atom stereocenters. The largest absolute Gasteiger partial charge is 0.351 e. The molecule has 31 heavy (non-hydrogen) atoms. The fraction of sp³-hybridized carbons (Fsp3) is 0.259. The van der Waals surface area contributed by atoms with Gasteiger partial charge >= 0.3 is 0 Å². The van der Waals surface area contributed by atoms with Gasteiger partial charge in [-0.3, -0.25) is 4.79 Å². The second-order valence-corrected chi connectivity index (χ2v) is 7.95. The number of aryl methyl sites for hydroxylation is 4. The van der Waals surface area contributed by atoms with Crippen LogP contribution in [0.3, 0.4) is 0 Å². The van der Waals surface area contributed by atoms with E-state index in [9.17, 15) is 10.1 Å². The molecule has 1 N–H and O–H groups in total. The first-order valence-corrected chi connectivity index (χ1v) is 10.6. The van der Waals surface area contributed by atoms with E-state index in [-0.39, 0.29) is 11.5 Å². The van der Waals surface area contributed by atoms with Crippen LogP contribution < -0.4 is 5.32 Å². The molecule has 0 bridgehead atoms. The summed E-state index contributed by atoms with van der Waals surface area (Å²) in [5, 5.41) is 12.4. The maximum Gasteiger partial charge on any atom is 0.261 e. The highest BCUT2D eigenvalue weighted by Crippen LogP contribution is 2.24. The van der Waals surface area contributed by atoms with Crippen molar-refractivity contribution in [2.75, 3.05) is 6.54 Å². The minimum Gasteiger partial charge on any atom is -0.351 e. The average Bonchev–Trinajstić information content (AvgIpc) is 3.05. The maximum absolute atomic E-state index is 12.5. The zero-order chi connectivity index (χ0) is 22.4. The molecule has 0 fully saturated rings. The van der Waals surface area contributed by atoms with Crippen molar-refractivity contribution in [1.29, 1.82) is 5.26 Å². The molecule has 4 nitrogen and oxygen atoms in total. The van der Waals surface area contributed by atoms with Gasteiger partial charge in [0.15, 0.2) is 0 Å². The molecule has 0 aliphatic rings. The molecule has 2 aromatic carbocycles. The van der Waals surface area contributed by atoms with Crippen LogP contribution in [-0.2, 0) is 11.2 Å². The summed E-state index contributed by atoms with van der Waals surface area (Å²) in [7, 11) is 0. The second kappa shape index (κ2) is 9.95. The summed E-state index contributed by atoms with van der Waals surface area (Å²) in [6.45, 7) is 8.79. The van der Waals surface area contributed by atoms with E-state index >= 15 is 0 Å². The summed E-state index contributed by atoms with van der Waals surface area (Å²) >= 11 is 0. The van der Waals surface area contributed by atoms with Gasteiger partial charge in [0.2, 0.25) is 0 Å². The summed E-state index contributed by atoms with van der Waals surface area (Å²) in [6.07, 6.45) is 3.41. The Kier molecular flexibility index (Phi) is 7.10. The first kappa shape index (κ1) is 22.1. The normalized spacial score (nSPS) is 11.3. The smallest absolute Gasteiger partial charge is 0.261 e. The van der Waals surface area contributed by atoms with Crippen molar-refractivity contribution >= 4 is 12.0 Å². The topological polar surface area (TPSA) is 57.8 Å². The lowest BCUT2D eigenvalue weighted by molar-refractivity contribution is -0.117. The molecule has 3 rings (SSSR count). The van der Waals surface area contributed by atoms with Crippen LogP contribution in [0.4, 0.5) is 0 Å². The highest BCUT2D eigenvalue weighted by molar-refractivity contribution is 6.01. The highest BCUT2D eigenvalue weighted by Gasteiger charge is 2.14. The Morgan fingerprint density at radius 3 is 2.45 bits per heavy atom. The molecule has 3 aromatic rings. The fourth-order valence-electron chi connectivity index (χ4n) is 3.73. The van der Waals surface area contributed by atoms with Gasteiger partial charge in [0, 0.05) is 23.6 Å². The van der Waals surface area contributed by atoms with Crippen LogP contribution in [-0.4, -0.2) is 17.0 Å². The Hall–Kier alpha value is -3.58. The van der Waals surface area contributed by atoms with E-state index in [0.29, 0.717) is 6.54 Å². The molecule has 0 unspecified atom stereocenters. The van der Waals surface area contributed by atoms with Crippen LogP contribution >= 0.6 is 0 Å². The average molecular weight is 412 g/mol. The van der Waals surface area contributed by atoms with Crippen molar-refractivity contribution < 1.29 is 4.79 Å². The predicted molar refractivity (Wildman–Crippen MR) is 126 cm³/mol. The number of nitrogens with one attached hydrogen (secondary N) is 1. The fourth-order valence-corrected chi connectivity index (χ4v) is 3.73. The van der Waals surface area contributed by atoms with Gasteiger partial charge < -0.3 is 9.88 Å². The van der Waals surface area contributed by atoms with Gasteiger partial charge in [-0.1, -0.05) is 36.4 Å². The van der Waals surface area contributed by atoms with E-state index in [4.69, 9.17) is 0 Å². The molecule has 0 aliphatic heterocycles. The quantitative estimate of drug-likeness (QED) is 0.323. The lowest BCUT2D eigenvalue weighted by atomic mass is 10.1. The standard InChI is InChI=1S/C27H29N3O/c1-19-12-13-26(15-20(19)2)30-21(3)16-24(22(30)4)17-25(18-28)27(31)29-14-8-11-23-9-6-5-7-10-23/h5-7,9-10,12-13,15-17H,8,11,14H2,1-4H3,(H,29,31)/b25-17-. The van der Waals surface area contributed by atoms with Gasteiger partial charge in [-0.15, -0.1) is 0 Å². The summed E-state index contributed by atoms with van der Waals surface area (Å²) in [6, 6.07) is 20.6. The van der Waals surface area contributed by atoms with Crippen LogP contribution in [0.25, 0.3) is 11.8 Å². The molecule has 158 valence electrons. The highest BCUT2D eigenvalue weighted by atomic mass is 16.1. The molecule has 0 spiro atoms. The maximum atomic E-state index is 12.5.